The molecule has 2 rings (SSSR count). The summed E-state index contributed by atoms with van der Waals surface area (Å²) in [5.41, 5.74) is 0.502. The fourth-order valence-electron chi connectivity index (χ4n) is 2.33. The summed E-state index contributed by atoms with van der Waals surface area (Å²) in [5, 5.41) is 1.90. The Hall–Kier alpha value is -1.45. The van der Waals surface area contributed by atoms with Gasteiger partial charge in [0.05, 0.1) is 10.1 Å². The number of benzene rings is 1. The monoisotopic (exact) mass is 346 g/mol. The topological polar surface area (TPSA) is 101 Å². The molecule has 7 nitrogen and oxygen atoms in total. The maximum absolute atomic E-state index is 12.5. The van der Waals surface area contributed by atoms with E-state index in [1.165, 1.54) is 35.5 Å². The van der Waals surface area contributed by atoms with E-state index in [4.69, 9.17) is 0 Å². The van der Waals surface area contributed by atoms with Gasteiger partial charge >= 0.3 is 0 Å². The lowest BCUT2D eigenvalue weighted by Gasteiger charge is -2.16. The first-order valence-electron chi connectivity index (χ1n) is 6.67. The molecule has 0 radical (unpaired) electrons. The molecule has 1 amide bonds. The lowest BCUT2D eigenvalue weighted by Crippen LogP contribution is -2.31. The van der Waals surface area contributed by atoms with E-state index >= 15 is 0 Å². The second kappa shape index (κ2) is 5.98. The van der Waals surface area contributed by atoms with Crippen molar-refractivity contribution in [2.24, 2.45) is 0 Å². The number of anilines is 1. The van der Waals surface area contributed by atoms with Crippen LogP contribution < -0.4 is 5.32 Å². The van der Waals surface area contributed by atoms with Crippen LogP contribution in [0.3, 0.4) is 0 Å². The number of sulfone groups is 1. The number of hydrogen-bond acceptors (Lipinski definition) is 5. The van der Waals surface area contributed by atoms with Gasteiger partial charge in [-0.3, -0.25) is 4.79 Å². The van der Waals surface area contributed by atoms with E-state index in [2.05, 4.69) is 5.32 Å². The second-order valence-electron chi connectivity index (χ2n) is 5.31. The predicted molar refractivity (Wildman–Crippen MR) is 82.8 cm³/mol. The molecule has 1 N–H and O–H groups in total. The van der Waals surface area contributed by atoms with Crippen LogP contribution in [-0.4, -0.2) is 51.6 Å². The van der Waals surface area contributed by atoms with Crippen molar-refractivity contribution in [3.8, 4) is 0 Å². The average Bonchev–Trinajstić information content (AvgIpc) is 2.88. The highest BCUT2D eigenvalue weighted by molar-refractivity contribution is 7.91. The zero-order chi connectivity index (χ0) is 16.5. The normalized spacial score (nSPS) is 20.0. The van der Waals surface area contributed by atoms with Gasteiger partial charge in [-0.2, -0.15) is 4.31 Å². The van der Waals surface area contributed by atoms with Gasteiger partial charge in [-0.05, 0) is 30.7 Å². The Labute approximate surface area is 130 Å². The molecule has 0 spiro atoms. The fraction of sp³-hybridized carbons (Fsp3) is 0.462. The zero-order valence-electron chi connectivity index (χ0n) is 12.3. The van der Waals surface area contributed by atoms with Crippen LogP contribution in [0.5, 0.6) is 0 Å². The molecule has 1 heterocycles. The number of rotatable bonds is 4. The van der Waals surface area contributed by atoms with Gasteiger partial charge in [-0.1, -0.05) is 0 Å². The largest absolute Gasteiger partial charge is 0.326 e. The van der Waals surface area contributed by atoms with Crippen molar-refractivity contribution in [2.75, 3.05) is 24.7 Å². The molecule has 1 saturated heterocycles. The fourth-order valence-corrected chi connectivity index (χ4v) is 4.91. The van der Waals surface area contributed by atoms with Crippen LogP contribution in [-0.2, 0) is 24.7 Å². The van der Waals surface area contributed by atoms with Crippen molar-refractivity contribution in [3.63, 3.8) is 0 Å². The maximum atomic E-state index is 12.5. The molecule has 0 aliphatic carbocycles. The number of carbonyl (C=O) groups is 1. The lowest BCUT2D eigenvalue weighted by molar-refractivity contribution is -0.114. The van der Waals surface area contributed by atoms with E-state index in [0.29, 0.717) is 12.1 Å². The number of amides is 1. The molecule has 1 unspecified atom stereocenters. The van der Waals surface area contributed by atoms with Crippen molar-refractivity contribution >= 4 is 31.5 Å². The van der Waals surface area contributed by atoms with Crippen LogP contribution in [0.25, 0.3) is 0 Å². The summed E-state index contributed by atoms with van der Waals surface area (Å²) in [6, 6.07) is 5.79. The highest BCUT2D eigenvalue weighted by Gasteiger charge is 2.36. The molecule has 0 saturated carbocycles. The van der Waals surface area contributed by atoms with E-state index in [0.717, 1.165) is 6.26 Å². The number of nitrogens with zero attached hydrogens (tertiary/aromatic N) is 1. The molecule has 1 aromatic rings. The predicted octanol–water partition coefficient (Wildman–Crippen LogP) is 0.453. The number of sulfonamides is 1. The second-order valence-corrected chi connectivity index (χ2v) is 9.57. The van der Waals surface area contributed by atoms with Crippen LogP contribution in [0, 0.1) is 0 Å². The van der Waals surface area contributed by atoms with Crippen molar-refractivity contribution in [2.45, 2.75) is 23.5 Å². The molecule has 0 aromatic heterocycles. The van der Waals surface area contributed by atoms with Crippen molar-refractivity contribution in [1.82, 2.24) is 4.31 Å². The van der Waals surface area contributed by atoms with Gasteiger partial charge in [0.25, 0.3) is 0 Å². The molecule has 1 aliphatic heterocycles. The number of nitrogens with one attached hydrogen (secondary N) is 1. The zero-order valence-corrected chi connectivity index (χ0v) is 13.9. The van der Waals surface area contributed by atoms with Gasteiger partial charge in [0.15, 0.2) is 9.84 Å². The summed E-state index contributed by atoms with van der Waals surface area (Å²) in [6.07, 6.45) is 1.43. The molecule has 122 valence electrons. The minimum Gasteiger partial charge on any atom is -0.326 e. The number of hydrogen-bond donors (Lipinski definition) is 1. The first-order chi connectivity index (χ1) is 10.1. The Morgan fingerprint density at radius 2 is 1.77 bits per heavy atom. The van der Waals surface area contributed by atoms with Gasteiger partial charge in [-0.15, -0.1) is 0 Å². The smallest absolute Gasteiger partial charge is 0.243 e. The molecule has 22 heavy (non-hydrogen) atoms. The molecule has 1 aliphatic rings. The third kappa shape index (κ3) is 3.65. The molecule has 9 heteroatoms. The first kappa shape index (κ1) is 16.9. The summed E-state index contributed by atoms with van der Waals surface area (Å²) in [7, 11) is -6.97. The van der Waals surface area contributed by atoms with Crippen LogP contribution in [0.2, 0.25) is 0 Å². The maximum Gasteiger partial charge on any atom is 0.243 e. The molecule has 0 bridgehead atoms. The standard InChI is InChI=1S/C13H18N2O5S2/c1-10(16)14-11-3-5-12(6-4-11)22(19,20)15-8-7-13(9-15)21(2,17)18/h3-6,13H,7-9H2,1-2H3,(H,14,16). The third-order valence-corrected chi connectivity index (χ3v) is 7.00. The Morgan fingerprint density at radius 1 is 1.18 bits per heavy atom. The third-order valence-electron chi connectivity index (χ3n) is 3.53. The summed E-state index contributed by atoms with van der Waals surface area (Å²) < 4.78 is 49.2. The van der Waals surface area contributed by atoms with Crippen LogP contribution in [0.1, 0.15) is 13.3 Å². The minimum atomic E-state index is -3.72. The summed E-state index contributed by atoms with van der Waals surface area (Å²) in [5.74, 6) is -0.244. The summed E-state index contributed by atoms with van der Waals surface area (Å²) in [6.45, 7) is 1.53. The molecule has 1 atom stereocenters. The molecular weight excluding hydrogens is 328 g/mol. The van der Waals surface area contributed by atoms with E-state index in [1.54, 1.807) is 0 Å². The van der Waals surface area contributed by atoms with Gasteiger partial charge in [0.2, 0.25) is 15.9 Å². The molecule has 1 aromatic carbocycles. The van der Waals surface area contributed by atoms with E-state index < -0.39 is 25.1 Å². The van der Waals surface area contributed by atoms with Crippen LogP contribution in [0.15, 0.2) is 29.2 Å². The Kier molecular flexibility index (Phi) is 4.59. The van der Waals surface area contributed by atoms with E-state index in [1.807, 2.05) is 0 Å². The minimum absolute atomic E-state index is 0.0192. The highest BCUT2D eigenvalue weighted by Crippen LogP contribution is 2.25. The van der Waals surface area contributed by atoms with Gasteiger partial charge in [0.1, 0.15) is 0 Å². The molecular formula is C13H18N2O5S2. The Bertz CT molecular complexity index is 769. The summed E-state index contributed by atoms with van der Waals surface area (Å²) in [4.78, 5) is 11.0. The van der Waals surface area contributed by atoms with Gasteiger partial charge in [-0.25, -0.2) is 16.8 Å². The highest BCUT2D eigenvalue weighted by atomic mass is 32.2. The Balaban J connectivity index is 2.19. The molecule has 1 fully saturated rings. The first-order valence-corrected chi connectivity index (χ1v) is 10.1. The van der Waals surface area contributed by atoms with Gasteiger partial charge < -0.3 is 5.32 Å². The summed E-state index contributed by atoms with van der Waals surface area (Å²) >= 11 is 0. The van der Waals surface area contributed by atoms with E-state index in [-0.39, 0.29) is 23.9 Å². The average molecular weight is 346 g/mol. The lowest BCUT2D eigenvalue weighted by atomic mass is 10.3. The van der Waals surface area contributed by atoms with Gasteiger partial charge in [0, 0.05) is 32.0 Å². The van der Waals surface area contributed by atoms with Crippen molar-refractivity contribution in [3.05, 3.63) is 24.3 Å². The van der Waals surface area contributed by atoms with Crippen molar-refractivity contribution in [1.29, 1.82) is 0 Å². The van der Waals surface area contributed by atoms with Crippen LogP contribution >= 0.6 is 0 Å². The quantitative estimate of drug-likeness (QED) is 0.853. The SMILES string of the molecule is CC(=O)Nc1ccc(S(=O)(=O)N2CCC(S(C)(=O)=O)C2)cc1. The Morgan fingerprint density at radius 3 is 2.23 bits per heavy atom. The van der Waals surface area contributed by atoms with Crippen molar-refractivity contribution < 1.29 is 21.6 Å². The number of carbonyl (C=O) groups excluding carboxylic acids is 1. The van der Waals surface area contributed by atoms with E-state index in [9.17, 15) is 21.6 Å². The van der Waals surface area contributed by atoms with Crippen LogP contribution in [0.4, 0.5) is 5.69 Å².